The van der Waals surface area contributed by atoms with Crippen LogP contribution in [0, 0.1) is 0 Å². The molecule has 0 fully saturated rings. The summed E-state index contributed by atoms with van der Waals surface area (Å²) in [5, 5.41) is 5.04. The van der Waals surface area contributed by atoms with Gasteiger partial charge in [0.25, 0.3) is 5.91 Å². The SMILES string of the molecule is COc1ccc(-c2nc(C(=O)NCCCc3ccccc3)cc3c2[nH]c2ccccc23)cc1OC. The molecule has 2 N–H and O–H groups in total. The first-order valence-corrected chi connectivity index (χ1v) is 11.6. The van der Waals surface area contributed by atoms with Gasteiger partial charge >= 0.3 is 0 Å². The molecular formula is C29H27N3O3. The molecular weight excluding hydrogens is 438 g/mol. The number of benzene rings is 3. The molecule has 0 spiro atoms. The molecule has 5 aromatic rings. The number of aryl methyl sites for hydroxylation is 1. The number of nitrogens with one attached hydrogen (secondary N) is 2. The number of amides is 1. The molecule has 176 valence electrons. The van der Waals surface area contributed by atoms with Crippen LogP contribution in [0.2, 0.25) is 0 Å². The van der Waals surface area contributed by atoms with E-state index in [4.69, 9.17) is 14.5 Å². The highest BCUT2D eigenvalue weighted by Gasteiger charge is 2.18. The van der Waals surface area contributed by atoms with E-state index in [1.165, 1.54) is 5.56 Å². The molecule has 0 aliphatic heterocycles. The lowest BCUT2D eigenvalue weighted by molar-refractivity contribution is 0.0948. The van der Waals surface area contributed by atoms with Crippen LogP contribution in [0.3, 0.4) is 0 Å². The van der Waals surface area contributed by atoms with E-state index in [0.717, 1.165) is 40.2 Å². The van der Waals surface area contributed by atoms with Gasteiger partial charge in [-0.05, 0) is 48.7 Å². The van der Waals surface area contributed by atoms with Crippen molar-refractivity contribution in [3.63, 3.8) is 0 Å². The lowest BCUT2D eigenvalue weighted by Crippen LogP contribution is -2.25. The number of carbonyl (C=O) groups excluding carboxylic acids is 1. The van der Waals surface area contributed by atoms with Crippen molar-refractivity contribution < 1.29 is 14.3 Å². The number of pyridine rings is 1. The molecule has 3 aromatic carbocycles. The first-order chi connectivity index (χ1) is 17.2. The van der Waals surface area contributed by atoms with Gasteiger partial charge in [-0.15, -0.1) is 0 Å². The number of methoxy groups -OCH3 is 2. The third-order valence-corrected chi connectivity index (χ3v) is 6.16. The second kappa shape index (κ2) is 9.89. The summed E-state index contributed by atoms with van der Waals surface area (Å²) in [7, 11) is 3.21. The fourth-order valence-electron chi connectivity index (χ4n) is 4.38. The Hall–Kier alpha value is -4.32. The van der Waals surface area contributed by atoms with Gasteiger partial charge in [0.2, 0.25) is 0 Å². The van der Waals surface area contributed by atoms with Crippen molar-refractivity contribution >= 4 is 27.7 Å². The van der Waals surface area contributed by atoms with Gasteiger partial charge in [-0.3, -0.25) is 4.79 Å². The Kier molecular flexibility index (Phi) is 6.35. The van der Waals surface area contributed by atoms with E-state index in [0.29, 0.717) is 29.4 Å². The summed E-state index contributed by atoms with van der Waals surface area (Å²) < 4.78 is 10.9. The van der Waals surface area contributed by atoms with Gasteiger partial charge in [-0.25, -0.2) is 4.98 Å². The molecule has 2 heterocycles. The molecule has 5 rings (SSSR count). The summed E-state index contributed by atoms with van der Waals surface area (Å²) in [6.07, 6.45) is 1.76. The predicted molar refractivity (Wildman–Crippen MR) is 139 cm³/mol. The smallest absolute Gasteiger partial charge is 0.269 e. The standard InChI is InChI=1S/C29H27N3O3/c1-34-25-15-14-20(17-26(25)35-2)27-28-22(21-12-6-7-13-23(21)31-28)18-24(32-27)29(33)30-16-8-11-19-9-4-3-5-10-19/h3-7,9-10,12-15,17-18,31H,8,11,16H2,1-2H3,(H,30,33). The normalized spacial score (nSPS) is 11.0. The maximum atomic E-state index is 13.1. The maximum Gasteiger partial charge on any atom is 0.269 e. The summed E-state index contributed by atoms with van der Waals surface area (Å²) in [5.41, 5.74) is 5.03. The highest BCUT2D eigenvalue weighted by Crippen LogP contribution is 2.36. The van der Waals surface area contributed by atoms with Crippen LogP contribution >= 0.6 is 0 Å². The molecule has 2 aromatic heterocycles. The van der Waals surface area contributed by atoms with E-state index >= 15 is 0 Å². The number of rotatable bonds is 8. The van der Waals surface area contributed by atoms with Gasteiger partial charge in [0.05, 0.1) is 25.4 Å². The lowest BCUT2D eigenvalue weighted by atomic mass is 10.1. The molecule has 0 unspecified atom stereocenters. The van der Waals surface area contributed by atoms with Crippen molar-refractivity contribution in [1.29, 1.82) is 0 Å². The Morgan fingerprint density at radius 3 is 2.46 bits per heavy atom. The zero-order chi connectivity index (χ0) is 24.2. The maximum absolute atomic E-state index is 13.1. The molecule has 0 bridgehead atoms. The second-order valence-electron chi connectivity index (χ2n) is 8.36. The molecule has 0 aliphatic rings. The molecule has 6 heteroatoms. The Balaban J connectivity index is 1.50. The number of ether oxygens (including phenoxy) is 2. The molecule has 0 atom stereocenters. The zero-order valence-electron chi connectivity index (χ0n) is 19.8. The quantitative estimate of drug-likeness (QED) is 0.286. The summed E-state index contributed by atoms with van der Waals surface area (Å²) in [6, 6.07) is 25.9. The average molecular weight is 466 g/mol. The number of fused-ring (bicyclic) bond motifs is 3. The van der Waals surface area contributed by atoms with E-state index in [1.54, 1.807) is 14.2 Å². The topological polar surface area (TPSA) is 76.2 Å². The Labute approximate surface area is 203 Å². The van der Waals surface area contributed by atoms with Gasteiger partial charge in [0, 0.05) is 28.4 Å². The monoisotopic (exact) mass is 465 g/mol. The summed E-state index contributed by atoms with van der Waals surface area (Å²) in [5.74, 6) is 1.05. The minimum Gasteiger partial charge on any atom is -0.493 e. The average Bonchev–Trinajstić information content (AvgIpc) is 3.29. The van der Waals surface area contributed by atoms with E-state index in [1.807, 2.05) is 66.7 Å². The van der Waals surface area contributed by atoms with Crippen LogP contribution in [0.1, 0.15) is 22.5 Å². The first kappa shape index (κ1) is 22.5. The van der Waals surface area contributed by atoms with Gasteiger partial charge in [-0.2, -0.15) is 0 Å². The minimum absolute atomic E-state index is 0.188. The van der Waals surface area contributed by atoms with Crippen LogP contribution in [0.4, 0.5) is 0 Å². The summed E-state index contributed by atoms with van der Waals surface area (Å²) in [4.78, 5) is 21.4. The molecule has 0 aliphatic carbocycles. The van der Waals surface area contributed by atoms with Crippen molar-refractivity contribution in [3.8, 4) is 22.8 Å². The number of hydrogen-bond donors (Lipinski definition) is 2. The molecule has 0 radical (unpaired) electrons. The van der Waals surface area contributed by atoms with Crippen LogP contribution in [0.15, 0.2) is 78.9 Å². The summed E-state index contributed by atoms with van der Waals surface area (Å²) >= 11 is 0. The van der Waals surface area contributed by atoms with Crippen molar-refractivity contribution in [3.05, 3.63) is 90.1 Å². The van der Waals surface area contributed by atoms with Crippen LogP contribution in [-0.4, -0.2) is 36.6 Å². The van der Waals surface area contributed by atoms with E-state index < -0.39 is 0 Å². The Morgan fingerprint density at radius 1 is 0.886 bits per heavy atom. The lowest BCUT2D eigenvalue weighted by Gasteiger charge is -2.11. The van der Waals surface area contributed by atoms with E-state index in [-0.39, 0.29) is 5.91 Å². The van der Waals surface area contributed by atoms with Crippen LogP contribution < -0.4 is 14.8 Å². The van der Waals surface area contributed by atoms with E-state index in [2.05, 4.69) is 22.4 Å². The molecule has 0 saturated heterocycles. The molecule has 0 saturated carbocycles. The number of aromatic amines is 1. The third kappa shape index (κ3) is 4.55. The molecule has 1 amide bonds. The Morgan fingerprint density at radius 2 is 1.66 bits per heavy atom. The van der Waals surface area contributed by atoms with Crippen molar-refractivity contribution in [2.45, 2.75) is 12.8 Å². The fourth-order valence-corrected chi connectivity index (χ4v) is 4.38. The molecule has 6 nitrogen and oxygen atoms in total. The number of aromatic nitrogens is 2. The van der Waals surface area contributed by atoms with Gasteiger partial charge in [0.1, 0.15) is 5.69 Å². The zero-order valence-corrected chi connectivity index (χ0v) is 19.8. The summed E-state index contributed by atoms with van der Waals surface area (Å²) in [6.45, 7) is 0.576. The van der Waals surface area contributed by atoms with Gasteiger partial charge < -0.3 is 19.8 Å². The largest absolute Gasteiger partial charge is 0.493 e. The Bertz CT molecular complexity index is 1490. The molecule has 35 heavy (non-hydrogen) atoms. The number of hydrogen-bond acceptors (Lipinski definition) is 4. The van der Waals surface area contributed by atoms with Gasteiger partial charge in [0.15, 0.2) is 11.5 Å². The van der Waals surface area contributed by atoms with Crippen LogP contribution in [-0.2, 0) is 6.42 Å². The van der Waals surface area contributed by atoms with Crippen LogP contribution in [0.5, 0.6) is 11.5 Å². The number of carbonyl (C=O) groups is 1. The van der Waals surface area contributed by atoms with Crippen molar-refractivity contribution in [2.24, 2.45) is 0 Å². The minimum atomic E-state index is -0.188. The number of H-pyrrole nitrogens is 1. The van der Waals surface area contributed by atoms with Crippen LogP contribution in [0.25, 0.3) is 33.1 Å². The highest BCUT2D eigenvalue weighted by atomic mass is 16.5. The van der Waals surface area contributed by atoms with Gasteiger partial charge in [-0.1, -0.05) is 48.5 Å². The highest BCUT2D eigenvalue weighted by molar-refractivity contribution is 6.13. The van der Waals surface area contributed by atoms with Crippen molar-refractivity contribution in [1.82, 2.24) is 15.3 Å². The first-order valence-electron chi connectivity index (χ1n) is 11.6. The predicted octanol–water partition coefficient (Wildman–Crippen LogP) is 5.76. The number of para-hydroxylation sites is 1. The second-order valence-corrected chi connectivity index (χ2v) is 8.36. The third-order valence-electron chi connectivity index (χ3n) is 6.16. The van der Waals surface area contributed by atoms with Crippen molar-refractivity contribution in [2.75, 3.05) is 20.8 Å². The number of nitrogens with zero attached hydrogens (tertiary/aromatic N) is 1. The fraction of sp³-hybridized carbons (Fsp3) is 0.172. The van der Waals surface area contributed by atoms with E-state index in [9.17, 15) is 4.79 Å².